The molecule has 0 aromatic heterocycles. The molecular formula is C21H34OSi. The molecule has 1 rings (SSSR count). The number of hydrogen-bond acceptors (Lipinski definition) is 1. The van der Waals surface area contributed by atoms with Gasteiger partial charge in [-0.1, -0.05) is 45.4 Å². The molecule has 128 valence electrons. The highest BCUT2D eigenvalue weighted by atomic mass is 28.4. The van der Waals surface area contributed by atoms with Crippen LogP contribution in [-0.2, 0) is 4.43 Å². The number of rotatable bonds is 6. The SMILES string of the molecule is C#CCC1=C(C)CCC1C(C)C(C=C=C)O[Si](C)(C)C(C)(C)C. The quantitative estimate of drug-likeness (QED) is 0.247. The van der Waals surface area contributed by atoms with Crippen LogP contribution in [0.3, 0.4) is 0 Å². The molecular weight excluding hydrogens is 296 g/mol. The lowest BCUT2D eigenvalue weighted by molar-refractivity contribution is 0.140. The Balaban J connectivity index is 3.03. The lowest BCUT2D eigenvalue weighted by Crippen LogP contribution is -2.45. The highest BCUT2D eigenvalue weighted by Gasteiger charge is 2.41. The molecule has 0 fully saturated rings. The summed E-state index contributed by atoms with van der Waals surface area (Å²) in [5.41, 5.74) is 5.91. The van der Waals surface area contributed by atoms with E-state index >= 15 is 0 Å². The zero-order valence-corrected chi connectivity index (χ0v) is 17.1. The van der Waals surface area contributed by atoms with Gasteiger partial charge in [0.2, 0.25) is 0 Å². The first-order valence-corrected chi connectivity index (χ1v) is 11.6. The molecule has 1 aliphatic rings. The molecule has 0 N–H and O–H groups in total. The fourth-order valence-electron chi connectivity index (χ4n) is 3.15. The topological polar surface area (TPSA) is 9.23 Å². The molecule has 0 saturated carbocycles. The van der Waals surface area contributed by atoms with E-state index < -0.39 is 8.32 Å². The van der Waals surface area contributed by atoms with Crippen molar-refractivity contribution in [2.75, 3.05) is 0 Å². The minimum atomic E-state index is -1.83. The van der Waals surface area contributed by atoms with Gasteiger partial charge in [-0.05, 0) is 55.8 Å². The average Bonchev–Trinajstić information content (AvgIpc) is 2.78. The van der Waals surface area contributed by atoms with Crippen LogP contribution in [0.25, 0.3) is 0 Å². The molecule has 3 unspecified atom stereocenters. The first-order chi connectivity index (χ1) is 10.5. The van der Waals surface area contributed by atoms with Crippen LogP contribution < -0.4 is 0 Å². The van der Waals surface area contributed by atoms with Gasteiger partial charge in [-0.2, -0.15) is 0 Å². The van der Waals surface area contributed by atoms with Crippen molar-refractivity contribution in [3.8, 4) is 12.3 Å². The second-order valence-corrected chi connectivity index (χ2v) is 13.2. The molecule has 0 amide bonds. The molecule has 0 saturated heterocycles. The van der Waals surface area contributed by atoms with E-state index in [1.165, 1.54) is 17.6 Å². The molecule has 0 heterocycles. The second kappa shape index (κ2) is 7.71. The maximum absolute atomic E-state index is 6.69. The molecule has 0 aliphatic heterocycles. The van der Waals surface area contributed by atoms with Crippen molar-refractivity contribution >= 4 is 8.32 Å². The van der Waals surface area contributed by atoms with E-state index in [0.717, 1.165) is 12.8 Å². The molecule has 3 atom stereocenters. The first kappa shape index (κ1) is 20.0. The zero-order chi connectivity index (χ0) is 17.8. The highest BCUT2D eigenvalue weighted by molar-refractivity contribution is 6.74. The van der Waals surface area contributed by atoms with Crippen molar-refractivity contribution in [2.24, 2.45) is 11.8 Å². The monoisotopic (exact) mass is 330 g/mol. The summed E-state index contributed by atoms with van der Waals surface area (Å²) < 4.78 is 6.69. The van der Waals surface area contributed by atoms with Crippen LogP contribution in [0.1, 0.15) is 53.9 Å². The Kier molecular flexibility index (Phi) is 6.72. The molecule has 0 spiro atoms. The fraction of sp³-hybridized carbons (Fsp3) is 0.667. The van der Waals surface area contributed by atoms with Gasteiger partial charge in [-0.25, -0.2) is 0 Å². The number of allylic oxidation sites excluding steroid dienone is 2. The normalized spacial score (nSPS) is 21.6. The lowest BCUT2D eigenvalue weighted by Gasteiger charge is -2.41. The molecule has 0 aromatic rings. The van der Waals surface area contributed by atoms with Crippen LogP contribution in [0.4, 0.5) is 0 Å². The van der Waals surface area contributed by atoms with E-state index in [1.54, 1.807) is 0 Å². The molecule has 1 nitrogen and oxygen atoms in total. The predicted molar refractivity (Wildman–Crippen MR) is 104 cm³/mol. The summed E-state index contributed by atoms with van der Waals surface area (Å²) in [4.78, 5) is 0. The standard InChI is InChI=1S/C21H34OSi/c1-10-12-18-16(3)14-15-19(18)17(4)20(13-11-2)22-23(8,9)21(5,6)7/h1,13,17,19-20H,2,12,14-15H2,3-9H3. The Labute approximate surface area is 145 Å². The number of hydrogen-bond donors (Lipinski definition) is 0. The van der Waals surface area contributed by atoms with Gasteiger partial charge in [0.05, 0.1) is 6.10 Å². The summed E-state index contributed by atoms with van der Waals surface area (Å²) >= 11 is 0. The summed E-state index contributed by atoms with van der Waals surface area (Å²) in [6.07, 6.45) is 10.8. The summed E-state index contributed by atoms with van der Waals surface area (Å²) in [7, 11) is -1.83. The maximum atomic E-state index is 6.69. The lowest BCUT2D eigenvalue weighted by atomic mass is 9.83. The van der Waals surface area contributed by atoms with Gasteiger partial charge in [-0.3, -0.25) is 0 Å². The van der Waals surface area contributed by atoms with Crippen LogP contribution in [0.15, 0.2) is 29.5 Å². The minimum absolute atomic E-state index is 0.0667. The molecule has 0 radical (unpaired) electrons. The van der Waals surface area contributed by atoms with Crippen molar-refractivity contribution in [3.63, 3.8) is 0 Å². The third kappa shape index (κ3) is 4.74. The van der Waals surface area contributed by atoms with Crippen molar-refractivity contribution < 1.29 is 4.43 Å². The third-order valence-corrected chi connectivity index (χ3v) is 10.3. The van der Waals surface area contributed by atoms with Crippen LogP contribution >= 0.6 is 0 Å². The van der Waals surface area contributed by atoms with Crippen LogP contribution in [0, 0.1) is 24.2 Å². The Morgan fingerprint density at radius 2 is 2.04 bits per heavy atom. The minimum Gasteiger partial charge on any atom is -0.410 e. The van der Waals surface area contributed by atoms with Gasteiger partial charge in [0.25, 0.3) is 0 Å². The summed E-state index contributed by atoms with van der Waals surface area (Å²) in [6.45, 7) is 19.8. The van der Waals surface area contributed by atoms with E-state index in [0.29, 0.717) is 11.8 Å². The predicted octanol–water partition coefficient (Wildman–Crippen LogP) is 6.10. The molecule has 23 heavy (non-hydrogen) atoms. The van der Waals surface area contributed by atoms with E-state index in [1.807, 2.05) is 6.08 Å². The fourth-order valence-corrected chi connectivity index (χ4v) is 4.47. The van der Waals surface area contributed by atoms with Crippen molar-refractivity contribution in [2.45, 2.75) is 78.1 Å². The number of terminal acetylenes is 1. The zero-order valence-electron chi connectivity index (χ0n) is 16.1. The van der Waals surface area contributed by atoms with E-state index in [4.69, 9.17) is 10.8 Å². The molecule has 0 bridgehead atoms. The molecule has 0 aromatic carbocycles. The highest BCUT2D eigenvalue weighted by Crippen LogP contribution is 2.43. The van der Waals surface area contributed by atoms with E-state index in [-0.39, 0.29) is 11.1 Å². The Morgan fingerprint density at radius 1 is 1.43 bits per heavy atom. The van der Waals surface area contributed by atoms with Gasteiger partial charge in [0.1, 0.15) is 0 Å². The maximum Gasteiger partial charge on any atom is 0.192 e. The first-order valence-electron chi connectivity index (χ1n) is 8.71. The van der Waals surface area contributed by atoms with E-state index in [9.17, 15) is 0 Å². The van der Waals surface area contributed by atoms with Crippen molar-refractivity contribution in [3.05, 3.63) is 29.5 Å². The van der Waals surface area contributed by atoms with Gasteiger partial charge in [-0.15, -0.1) is 18.1 Å². The smallest absolute Gasteiger partial charge is 0.192 e. The van der Waals surface area contributed by atoms with Gasteiger partial charge >= 0.3 is 0 Å². The van der Waals surface area contributed by atoms with Crippen molar-refractivity contribution in [1.82, 2.24) is 0 Å². The Morgan fingerprint density at radius 3 is 2.52 bits per heavy atom. The molecule has 1 aliphatic carbocycles. The van der Waals surface area contributed by atoms with Gasteiger partial charge in [0.15, 0.2) is 8.32 Å². The molecule has 2 heteroatoms. The van der Waals surface area contributed by atoms with Gasteiger partial charge < -0.3 is 4.43 Å². The Hall–Kier alpha value is -1.00. The Bertz CT molecular complexity index is 535. The average molecular weight is 331 g/mol. The summed E-state index contributed by atoms with van der Waals surface area (Å²) in [6, 6.07) is 0. The van der Waals surface area contributed by atoms with Crippen LogP contribution in [0.5, 0.6) is 0 Å². The van der Waals surface area contributed by atoms with Crippen molar-refractivity contribution in [1.29, 1.82) is 0 Å². The van der Waals surface area contributed by atoms with E-state index in [2.05, 4.69) is 65.9 Å². The summed E-state index contributed by atoms with van der Waals surface area (Å²) in [5.74, 6) is 3.76. The largest absolute Gasteiger partial charge is 0.410 e. The van der Waals surface area contributed by atoms with Crippen LogP contribution in [0.2, 0.25) is 18.1 Å². The third-order valence-electron chi connectivity index (χ3n) is 5.79. The second-order valence-electron chi connectivity index (χ2n) is 8.40. The van der Waals surface area contributed by atoms with Gasteiger partial charge in [0, 0.05) is 6.42 Å². The summed E-state index contributed by atoms with van der Waals surface area (Å²) in [5, 5.41) is 0.197. The van der Waals surface area contributed by atoms with Crippen LogP contribution in [-0.4, -0.2) is 14.4 Å².